The van der Waals surface area contributed by atoms with Crippen molar-refractivity contribution in [2.24, 2.45) is 10.9 Å². The summed E-state index contributed by atoms with van der Waals surface area (Å²) in [7, 11) is 0. The van der Waals surface area contributed by atoms with Crippen molar-refractivity contribution in [1.82, 2.24) is 15.7 Å². The van der Waals surface area contributed by atoms with Crippen LogP contribution in [0.15, 0.2) is 64.0 Å². The molecule has 288 valence electrons. The molecule has 1 heterocycles. The lowest BCUT2D eigenvalue weighted by Crippen LogP contribution is -2.49. The van der Waals surface area contributed by atoms with Crippen molar-refractivity contribution in [3.63, 3.8) is 0 Å². The van der Waals surface area contributed by atoms with Gasteiger partial charge in [0.05, 0.1) is 42.8 Å². The molecule has 0 aliphatic carbocycles. The fourth-order valence-corrected chi connectivity index (χ4v) is 5.53. The van der Waals surface area contributed by atoms with E-state index in [1.807, 2.05) is 6.92 Å². The van der Waals surface area contributed by atoms with Crippen LogP contribution < -0.4 is 15.4 Å². The second-order valence-electron chi connectivity index (χ2n) is 12.0. The van der Waals surface area contributed by atoms with Gasteiger partial charge in [-0.2, -0.15) is 5.06 Å². The van der Waals surface area contributed by atoms with Gasteiger partial charge in [0.2, 0.25) is 12.3 Å². The molecule has 0 radical (unpaired) electrons. The van der Waals surface area contributed by atoms with Crippen molar-refractivity contribution in [1.29, 1.82) is 0 Å². The summed E-state index contributed by atoms with van der Waals surface area (Å²) in [4.78, 5) is 95.6. The maximum atomic E-state index is 13.5. The fraction of sp³-hybridized carbons (Fsp3) is 0.368. The molecule has 54 heavy (non-hydrogen) atoms. The number of nitrogens with one attached hydrogen (secondary N) is 2. The number of aliphatic carboxylic acids is 2. The zero-order chi connectivity index (χ0) is 39.8. The van der Waals surface area contributed by atoms with Crippen molar-refractivity contribution in [2.75, 3.05) is 13.3 Å². The maximum Gasteiger partial charge on any atom is 0.363 e. The minimum absolute atomic E-state index is 0.0193. The third-order valence-electron chi connectivity index (χ3n) is 8.26. The normalized spacial score (nSPS) is 12.2. The molecule has 1 aromatic heterocycles. The molecule has 16 heteroatoms. The number of nitrogens with zero attached hydrogens (tertiary/aromatic N) is 2. The zero-order valence-electron chi connectivity index (χ0n) is 30.5. The number of carbonyl (C=O) groups is 7. The molecular weight excluding hydrogens is 704 g/mol. The SMILES string of the molecule is CCCCC[C@@H](C(=O)NCNC(=O)c1ccc(-c2ccc(C(=O)N=C(CC(=O)O)C(=O)O)c(OCC)c2)o1)[C@@H](CC)N(C=O)OC(=O)c1ccccc1C. The molecule has 0 saturated heterocycles. The summed E-state index contributed by atoms with van der Waals surface area (Å²) in [6, 6.07) is 13.1. The molecule has 3 rings (SSSR count). The summed E-state index contributed by atoms with van der Waals surface area (Å²) in [6.45, 7) is 7.01. The van der Waals surface area contributed by atoms with E-state index in [-0.39, 0.29) is 41.7 Å². The number of furan rings is 1. The summed E-state index contributed by atoms with van der Waals surface area (Å²) in [5, 5.41) is 24.3. The molecule has 0 fully saturated rings. The average molecular weight is 749 g/mol. The Morgan fingerprint density at radius 1 is 0.944 bits per heavy atom. The summed E-state index contributed by atoms with van der Waals surface area (Å²) in [6.07, 6.45) is 2.50. The highest BCUT2D eigenvalue weighted by atomic mass is 16.7. The number of hydroxylamine groups is 2. The van der Waals surface area contributed by atoms with E-state index in [2.05, 4.69) is 15.6 Å². The van der Waals surface area contributed by atoms with Gasteiger partial charge < -0.3 is 34.8 Å². The molecule has 0 aliphatic rings. The third-order valence-corrected chi connectivity index (χ3v) is 8.26. The first-order valence-corrected chi connectivity index (χ1v) is 17.4. The lowest BCUT2D eigenvalue weighted by molar-refractivity contribution is -0.171. The number of hydrogen-bond donors (Lipinski definition) is 4. The number of aryl methyl sites for hydroxylation is 1. The van der Waals surface area contributed by atoms with E-state index in [0.29, 0.717) is 36.8 Å². The van der Waals surface area contributed by atoms with Gasteiger partial charge in [-0.15, -0.1) is 0 Å². The smallest absolute Gasteiger partial charge is 0.363 e. The van der Waals surface area contributed by atoms with Gasteiger partial charge >= 0.3 is 17.9 Å². The number of benzene rings is 2. The van der Waals surface area contributed by atoms with Crippen molar-refractivity contribution in [3.05, 3.63) is 77.0 Å². The predicted octanol–water partition coefficient (Wildman–Crippen LogP) is 4.80. The van der Waals surface area contributed by atoms with Crippen LogP contribution in [-0.2, 0) is 24.0 Å². The first-order chi connectivity index (χ1) is 25.8. The van der Waals surface area contributed by atoms with Gasteiger partial charge in [0, 0.05) is 5.56 Å². The molecular formula is C38H44N4O12. The minimum Gasteiger partial charge on any atom is -0.493 e. The van der Waals surface area contributed by atoms with Gasteiger partial charge in [-0.25, -0.2) is 14.6 Å². The summed E-state index contributed by atoms with van der Waals surface area (Å²) in [5.41, 5.74) is 0.365. The largest absolute Gasteiger partial charge is 0.493 e. The lowest BCUT2D eigenvalue weighted by atomic mass is 9.90. The molecule has 0 bridgehead atoms. The molecule has 4 N–H and O–H groups in total. The molecule has 4 amide bonds. The van der Waals surface area contributed by atoms with E-state index in [4.69, 9.17) is 19.1 Å². The topological polar surface area (TPSA) is 231 Å². The van der Waals surface area contributed by atoms with Gasteiger partial charge in [0.25, 0.3) is 11.8 Å². The number of amides is 4. The Morgan fingerprint density at radius 3 is 2.31 bits per heavy atom. The van der Waals surface area contributed by atoms with Crippen LogP contribution in [-0.4, -0.2) is 82.3 Å². The van der Waals surface area contributed by atoms with E-state index in [1.54, 1.807) is 45.0 Å². The van der Waals surface area contributed by atoms with E-state index < -0.39 is 59.7 Å². The summed E-state index contributed by atoms with van der Waals surface area (Å²) in [5.74, 6) is -6.65. The molecule has 0 unspecified atom stereocenters. The Morgan fingerprint density at radius 2 is 1.69 bits per heavy atom. The monoisotopic (exact) mass is 748 g/mol. The van der Waals surface area contributed by atoms with Crippen molar-refractivity contribution >= 4 is 47.8 Å². The average Bonchev–Trinajstić information content (AvgIpc) is 3.64. The Labute approximate surface area is 311 Å². The Kier molecular flexibility index (Phi) is 16.1. The Hall–Kier alpha value is -6.32. The Balaban J connectivity index is 1.72. The zero-order valence-corrected chi connectivity index (χ0v) is 30.5. The number of ether oxygens (including phenoxy) is 1. The van der Waals surface area contributed by atoms with Gasteiger partial charge in [0.15, 0.2) is 5.76 Å². The third kappa shape index (κ3) is 11.6. The first kappa shape index (κ1) is 42.1. The second-order valence-corrected chi connectivity index (χ2v) is 12.0. The van der Waals surface area contributed by atoms with Crippen LogP contribution in [0.2, 0.25) is 0 Å². The summed E-state index contributed by atoms with van der Waals surface area (Å²) >= 11 is 0. The van der Waals surface area contributed by atoms with Crippen LogP contribution in [0.3, 0.4) is 0 Å². The highest BCUT2D eigenvalue weighted by molar-refractivity contribution is 6.40. The van der Waals surface area contributed by atoms with Gasteiger partial charge in [0.1, 0.15) is 17.2 Å². The van der Waals surface area contributed by atoms with Crippen LogP contribution in [0.4, 0.5) is 0 Å². The lowest BCUT2D eigenvalue weighted by Gasteiger charge is -2.32. The van der Waals surface area contributed by atoms with E-state index in [0.717, 1.165) is 17.9 Å². The molecule has 0 aliphatic heterocycles. The predicted molar refractivity (Wildman–Crippen MR) is 194 cm³/mol. The number of carbonyl (C=O) groups excluding carboxylic acids is 5. The number of hydrogen-bond acceptors (Lipinski definition) is 10. The number of unbranched alkanes of at least 4 members (excludes halogenated alkanes) is 2. The number of aliphatic imine (C=N–C) groups is 1. The quantitative estimate of drug-likeness (QED) is 0.0378. The van der Waals surface area contributed by atoms with Crippen LogP contribution in [0.25, 0.3) is 11.3 Å². The van der Waals surface area contributed by atoms with E-state index in [1.165, 1.54) is 30.3 Å². The Bertz CT molecular complexity index is 1870. The fourth-order valence-electron chi connectivity index (χ4n) is 5.53. The summed E-state index contributed by atoms with van der Waals surface area (Å²) < 4.78 is 11.3. The second kappa shape index (κ2) is 20.7. The van der Waals surface area contributed by atoms with E-state index >= 15 is 0 Å². The standard InChI is InChI=1S/C38H44N4O12/c1-5-8-9-14-26(29(6-2)42(22-43)54-38(51)25-13-11-10-12-23(25)4)34(46)39-21-40-36(48)31-18-17-30(53-31)24-15-16-27(32(19-24)52-7-3)35(47)41-28(37(49)50)20-33(44)45/h10-13,15-19,22,26,29H,5-9,14,20-21H2,1-4H3,(H,39,46)(H,40,48)(H,44,45)(H,49,50)/t26-,29-/m1/s1. The number of rotatable bonds is 21. The van der Waals surface area contributed by atoms with Gasteiger partial charge in [-0.3, -0.25) is 24.0 Å². The molecule has 2 aromatic carbocycles. The van der Waals surface area contributed by atoms with Gasteiger partial charge in [-0.05, 0) is 62.6 Å². The van der Waals surface area contributed by atoms with E-state index in [9.17, 15) is 38.7 Å². The number of carboxylic acids is 2. The van der Waals surface area contributed by atoms with Crippen LogP contribution in [0.5, 0.6) is 5.75 Å². The molecule has 0 saturated carbocycles. The molecule has 0 spiro atoms. The molecule has 2 atom stereocenters. The molecule has 16 nitrogen and oxygen atoms in total. The van der Waals surface area contributed by atoms with Crippen molar-refractivity contribution in [3.8, 4) is 17.1 Å². The highest BCUT2D eigenvalue weighted by Crippen LogP contribution is 2.30. The van der Waals surface area contributed by atoms with Crippen LogP contribution in [0, 0.1) is 12.8 Å². The maximum absolute atomic E-state index is 13.5. The highest BCUT2D eigenvalue weighted by Gasteiger charge is 2.34. The van der Waals surface area contributed by atoms with Gasteiger partial charge in [-0.1, -0.05) is 57.4 Å². The van der Waals surface area contributed by atoms with Crippen LogP contribution in [0.1, 0.15) is 96.1 Å². The van der Waals surface area contributed by atoms with Crippen molar-refractivity contribution in [2.45, 2.75) is 72.3 Å². The minimum atomic E-state index is -1.65. The van der Waals surface area contributed by atoms with Crippen molar-refractivity contribution < 1.29 is 57.8 Å². The molecule has 3 aromatic rings. The van der Waals surface area contributed by atoms with Crippen LogP contribution >= 0.6 is 0 Å². The first-order valence-electron chi connectivity index (χ1n) is 17.4. The number of carboxylic acid groups (broad SMARTS) is 2.